The third-order valence-electron chi connectivity index (χ3n) is 2.89. The van der Waals surface area contributed by atoms with Crippen LogP contribution in [0.5, 0.6) is 0 Å². The summed E-state index contributed by atoms with van der Waals surface area (Å²) in [5.41, 5.74) is 0.933. The summed E-state index contributed by atoms with van der Waals surface area (Å²) in [5.74, 6) is -0.470. The van der Waals surface area contributed by atoms with Crippen LogP contribution in [-0.4, -0.2) is 33.9 Å². The molecule has 2 rings (SSSR count). The van der Waals surface area contributed by atoms with E-state index in [-0.39, 0.29) is 5.56 Å². The molecule has 5 nitrogen and oxygen atoms in total. The Morgan fingerprint density at radius 2 is 1.83 bits per heavy atom. The van der Waals surface area contributed by atoms with Gasteiger partial charge in [0, 0.05) is 0 Å². The van der Waals surface area contributed by atoms with Gasteiger partial charge in [-0.3, -0.25) is 14.9 Å². The second-order valence-corrected chi connectivity index (χ2v) is 4.56. The van der Waals surface area contributed by atoms with Crippen LogP contribution >= 0.6 is 12.6 Å². The molecule has 1 aliphatic heterocycles. The Morgan fingerprint density at radius 3 is 2.50 bits per heavy atom. The largest absolute Gasteiger partial charge is 0.390 e. The van der Waals surface area contributed by atoms with Gasteiger partial charge in [0.05, 0.1) is 17.2 Å². The molecule has 1 aromatic rings. The lowest BCUT2D eigenvalue weighted by molar-refractivity contribution is 0.0172. The molecule has 0 radical (unpaired) electrons. The van der Waals surface area contributed by atoms with Crippen LogP contribution in [0.3, 0.4) is 0 Å². The first-order valence-corrected chi connectivity index (χ1v) is 6.14. The summed E-state index contributed by atoms with van der Waals surface area (Å²) in [5, 5.41) is 21.7. The average molecular weight is 267 g/mol. The summed E-state index contributed by atoms with van der Waals surface area (Å²) in [7, 11) is 0. The van der Waals surface area contributed by atoms with Crippen LogP contribution < -0.4 is 5.32 Å². The first kappa shape index (κ1) is 13.1. The molecule has 0 bridgehead atoms. The Balaban J connectivity index is 2.29. The molecule has 1 aliphatic rings. The molecule has 18 heavy (non-hydrogen) atoms. The summed E-state index contributed by atoms with van der Waals surface area (Å²) in [6, 6.07) is 4.44. The van der Waals surface area contributed by atoms with Crippen molar-refractivity contribution in [1.82, 2.24) is 5.32 Å². The molecule has 0 aliphatic carbocycles. The highest BCUT2D eigenvalue weighted by atomic mass is 32.1. The lowest BCUT2D eigenvalue weighted by atomic mass is 9.98. The van der Waals surface area contributed by atoms with Crippen molar-refractivity contribution in [2.24, 2.45) is 0 Å². The van der Waals surface area contributed by atoms with E-state index in [1.54, 1.807) is 0 Å². The first-order chi connectivity index (χ1) is 8.54. The van der Waals surface area contributed by atoms with Gasteiger partial charge in [-0.2, -0.15) is 12.6 Å². The molecule has 96 valence electrons. The molecular formula is C12H13NO4S. The van der Waals surface area contributed by atoms with Gasteiger partial charge in [0.1, 0.15) is 6.10 Å². The molecule has 0 saturated heterocycles. The standard InChI is InChI=1S/C12H13NO4S/c14-9(3-4-18)10(15)6-1-2-7-8(5-6)12(17)13-11(7)16/h1-2,5,9-10,14-15,18H,3-4H2,(H,13,16,17). The van der Waals surface area contributed by atoms with Crippen molar-refractivity contribution in [3.8, 4) is 0 Å². The van der Waals surface area contributed by atoms with E-state index in [4.69, 9.17) is 0 Å². The SMILES string of the molecule is O=C1NC(=O)c2cc(C(O)C(O)CCS)ccc21. The van der Waals surface area contributed by atoms with Crippen molar-refractivity contribution in [2.45, 2.75) is 18.6 Å². The van der Waals surface area contributed by atoms with Gasteiger partial charge >= 0.3 is 0 Å². The van der Waals surface area contributed by atoms with Gasteiger partial charge in [0.15, 0.2) is 0 Å². The number of imide groups is 1. The van der Waals surface area contributed by atoms with Gasteiger partial charge < -0.3 is 10.2 Å². The summed E-state index contributed by atoms with van der Waals surface area (Å²) >= 11 is 3.98. The quantitative estimate of drug-likeness (QED) is 0.466. The smallest absolute Gasteiger partial charge is 0.258 e. The number of fused-ring (bicyclic) bond motifs is 1. The minimum atomic E-state index is -1.09. The third-order valence-corrected chi connectivity index (χ3v) is 3.15. The first-order valence-electron chi connectivity index (χ1n) is 5.51. The molecule has 6 heteroatoms. The van der Waals surface area contributed by atoms with Crippen molar-refractivity contribution < 1.29 is 19.8 Å². The number of hydrogen-bond acceptors (Lipinski definition) is 5. The van der Waals surface area contributed by atoms with E-state index in [2.05, 4.69) is 17.9 Å². The minimum Gasteiger partial charge on any atom is -0.390 e. The Labute approximate surface area is 109 Å². The molecule has 2 unspecified atom stereocenters. The van der Waals surface area contributed by atoms with Gasteiger partial charge in [-0.25, -0.2) is 0 Å². The summed E-state index contributed by atoms with van der Waals surface area (Å²) in [6.07, 6.45) is -1.70. The zero-order chi connectivity index (χ0) is 13.3. The van der Waals surface area contributed by atoms with E-state index >= 15 is 0 Å². The van der Waals surface area contributed by atoms with Gasteiger partial charge in [-0.05, 0) is 29.9 Å². The molecule has 1 aromatic carbocycles. The van der Waals surface area contributed by atoms with E-state index < -0.39 is 24.0 Å². The van der Waals surface area contributed by atoms with Crippen LogP contribution in [0.4, 0.5) is 0 Å². The van der Waals surface area contributed by atoms with E-state index in [9.17, 15) is 19.8 Å². The second kappa shape index (κ2) is 5.09. The zero-order valence-corrected chi connectivity index (χ0v) is 10.4. The predicted octanol–water partition coefficient (Wildman–Crippen LogP) is 0.284. The molecule has 0 saturated carbocycles. The number of thiol groups is 1. The lowest BCUT2D eigenvalue weighted by Crippen LogP contribution is -2.20. The van der Waals surface area contributed by atoms with Crippen molar-refractivity contribution >= 4 is 24.4 Å². The fraction of sp³-hybridized carbons (Fsp3) is 0.333. The minimum absolute atomic E-state index is 0.231. The highest BCUT2D eigenvalue weighted by Gasteiger charge is 2.28. The monoisotopic (exact) mass is 267 g/mol. The Bertz CT molecular complexity index is 503. The van der Waals surface area contributed by atoms with E-state index in [0.717, 1.165) is 0 Å². The second-order valence-electron chi connectivity index (χ2n) is 4.11. The zero-order valence-electron chi connectivity index (χ0n) is 9.46. The molecule has 0 fully saturated rings. The molecule has 2 atom stereocenters. The van der Waals surface area contributed by atoms with Crippen molar-refractivity contribution in [3.63, 3.8) is 0 Å². The van der Waals surface area contributed by atoms with Gasteiger partial charge in [0.25, 0.3) is 11.8 Å². The van der Waals surface area contributed by atoms with E-state index in [0.29, 0.717) is 23.3 Å². The maximum absolute atomic E-state index is 11.5. The highest BCUT2D eigenvalue weighted by molar-refractivity contribution is 7.80. The number of carbonyl (C=O) groups excluding carboxylic acids is 2. The lowest BCUT2D eigenvalue weighted by Gasteiger charge is -2.17. The molecule has 2 amide bonds. The number of nitrogens with one attached hydrogen (secondary N) is 1. The number of carbonyl (C=O) groups is 2. The number of amides is 2. The van der Waals surface area contributed by atoms with Crippen LogP contribution in [0.2, 0.25) is 0 Å². The number of aliphatic hydroxyl groups excluding tert-OH is 2. The summed E-state index contributed by atoms with van der Waals surface area (Å²) in [4.78, 5) is 22.8. The van der Waals surface area contributed by atoms with Crippen molar-refractivity contribution in [2.75, 3.05) is 5.75 Å². The predicted molar refractivity (Wildman–Crippen MR) is 67.7 cm³/mol. The fourth-order valence-electron chi connectivity index (χ4n) is 1.88. The Hall–Kier alpha value is -1.37. The number of aliphatic hydroxyl groups is 2. The van der Waals surface area contributed by atoms with E-state index in [1.165, 1.54) is 18.2 Å². The maximum atomic E-state index is 11.5. The van der Waals surface area contributed by atoms with E-state index in [1.807, 2.05) is 0 Å². The third kappa shape index (κ3) is 2.27. The number of rotatable bonds is 4. The number of benzene rings is 1. The Kier molecular flexibility index (Phi) is 3.70. The van der Waals surface area contributed by atoms with Crippen LogP contribution in [0.15, 0.2) is 18.2 Å². The van der Waals surface area contributed by atoms with Gasteiger partial charge in [-0.15, -0.1) is 0 Å². The summed E-state index contributed by atoms with van der Waals surface area (Å²) < 4.78 is 0. The summed E-state index contributed by atoms with van der Waals surface area (Å²) in [6.45, 7) is 0. The van der Waals surface area contributed by atoms with Crippen LogP contribution in [-0.2, 0) is 0 Å². The fourth-order valence-corrected chi connectivity index (χ4v) is 2.15. The molecule has 3 N–H and O–H groups in total. The molecular weight excluding hydrogens is 254 g/mol. The van der Waals surface area contributed by atoms with Gasteiger partial charge in [0.2, 0.25) is 0 Å². The number of hydrogen-bond donors (Lipinski definition) is 4. The van der Waals surface area contributed by atoms with Gasteiger partial charge in [-0.1, -0.05) is 6.07 Å². The normalized spacial score (nSPS) is 17.3. The van der Waals surface area contributed by atoms with Crippen LogP contribution in [0.1, 0.15) is 38.8 Å². The molecule has 0 aromatic heterocycles. The molecule has 1 heterocycles. The van der Waals surface area contributed by atoms with Crippen LogP contribution in [0, 0.1) is 0 Å². The maximum Gasteiger partial charge on any atom is 0.258 e. The average Bonchev–Trinajstić information content (AvgIpc) is 2.64. The highest BCUT2D eigenvalue weighted by Crippen LogP contribution is 2.24. The Morgan fingerprint density at radius 1 is 1.17 bits per heavy atom. The van der Waals surface area contributed by atoms with Crippen molar-refractivity contribution in [1.29, 1.82) is 0 Å². The van der Waals surface area contributed by atoms with Crippen molar-refractivity contribution in [3.05, 3.63) is 34.9 Å². The molecule has 0 spiro atoms. The topological polar surface area (TPSA) is 86.6 Å². The van der Waals surface area contributed by atoms with Crippen LogP contribution in [0.25, 0.3) is 0 Å².